The summed E-state index contributed by atoms with van der Waals surface area (Å²) < 4.78 is 5.26. The molecule has 3 rings (SSSR count). The molecule has 0 atom stereocenters. The molecule has 0 spiro atoms. The minimum atomic E-state index is 0.680. The molecule has 0 aliphatic heterocycles. The highest BCUT2D eigenvalue weighted by Gasteiger charge is 2.03. The zero-order valence-corrected chi connectivity index (χ0v) is 12.2. The molecule has 0 amide bonds. The van der Waals surface area contributed by atoms with Crippen molar-refractivity contribution in [3.05, 3.63) is 83.5 Å². The van der Waals surface area contributed by atoms with Gasteiger partial charge in [0.1, 0.15) is 0 Å². The van der Waals surface area contributed by atoms with E-state index >= 15 is 0 Å². The maximum atomic E-state index is 5.26. The largest absolute Gasteiger partial charge is 0.357 e. The van der Waals surface area contributed by atoms with E-state index < -0.39 is 0 Å². The normalized spacial score (nSPS) is 12.0. The third-order valence-corrected chi connectivity index (χ3v) is 3.03. The van der Waals surface area contributed by atoms with E-state index in [-0.39, 0.29) is 0 Å². The van der Waals surface area contributed by atoms with Crippen molar-refractivity contribution < 1.29 is 4.52 Å². The molecule has 0 radical (unpaired) electrons. The lowest BCUT2D eigenvalue weighted by Crippen LogP contribution is -1.85. The first-order valence-corrected chi connectivity index (χ1v) is 6.96. The molecule has 2 aromatic heterocycles. The molecule has 0 saturated carbocycles. The first-order valence-electron chi connectivity index (χ1n) is 6.96. The van der Waals surface area contributed by atoms with Gasteiger partial charge in [0.2, 0.25) is 0 Å². The minimum absolute atomic E-state index is 0.680. The first kappa shape index (κ1) is 13.9. The van der Waals surface area contributed by atoms with Crippen molar-refractivity contribution >= 4 is 18.0 Å². The highest BCUT2D eigenvalue weighted by atomic mass is 16.5. The van der Waals surface area contributed by atoms with Gasteiger partial charge < -0.3 is 4.52 Å². The number of aliphatic imine (C=N–C) groups is 1. The van der Waals surface area contributed by atoms with Gasteiger partial charge in [0.05, 0.1) is 11.4 Å². The number of aromatic nitrogens is 2. The van der Waals surface area contributed by atoms with Crippen LogP contribution < -0.4 is 0 Å². The Balaban J connectivity index is 1.96. The van der Waals surface area contributed by atoms with Gasteiger partial charge in [-0.1, -0.05) is 41.6 Å². The summed E-state index contributed by atoms with van der Waals surface area (Å²) in [6.07, 6.45) is 7.17. The molecule has 4 nitrogen and oxygen atoms in total. The number of aryl methyl sites for hydroxylation is 1. The van der Waals surface area contributed by atoms with Crippen molar-refractivity contribution in [3.63, 3.8) is 0 Å². The van der Waals surface area contributed by atoms with Gasteiger partial charge in [-0.3, -0.25) is 9.98 Å². The van der Waals surface area contributed by atoms with Gasteiger partial charge in [0, 0.05) is 41.9 Å². The number of benzene rings is 1. The van der Waals surface area contributed by atoms with Gasteiger partial charge in [0.15, 0.2) is 5.76 Å². The van der Waals surface area contributed by atoms with E-state index in [1.807, 2.05) is 61.5 Å². The van der Waals surface area contributed by atoms with Crippen LogP contribution in [0.2, 0.25) is 0 Å². The summed E-state index contributed by atoms with van der Waals surface area (Å²) in [6, 6.07) is 15.7. The number of pyridine rings is 1. The molecule has 0 bridgehead atoms. The van der Waals surface area contributed by atoms with Gasteiger partial charge in [0.25, 0.3) is 0 Å². The van der Waals surface area contributed by atoms with Crippen molar-refractivity contribution in [1.82, 2.24) is 10.1 Å². The van der Waals surface area contributed by atoms with E-state index in [1.54, 1.807) is 18.6 Å². The first-order chi connectivity index (χ1) is 10.8. The molecule has 2 heterocycles. The second kappa shape index (κ2) is 6.63. The lowest BCUT2D eigenvalue weighted by molar-refractivity contribution is 0.408. The molecule has 3 aromatic rings. The molecule has 4 heteroatoms. The Bertz CT molecular complexity index is 789. The smallest absolute Gasteiger partial charge is 0.162 e. The monoisotopic (exact) mass is 289 g/mol. The van der Waals surface area contributed by atoms with E-state index in [4.69, 9.17) is 4.52 Å². The van der Waals surface area contributed by atoms with Gasteiger partial charge >= 0.3 is 0 Å². The van der Waals surface area contributed by atoms with E-state index in [0.717, 1.165) is 22.5 Å². The summed E-state index contributed by atoms with van der Waals surface area (Å²) in [5, 5.41) is 3.90. The van der Waals surface area contributed by atoms with Gasteiger partial charge in [-0.15, -0.1) is 0 Å². The fourth-order valence-corrected chi connectivity index (χ4v) is 1.99. The molecule has 0 aliphatic carbocycles. The second-order valence-electron chi connectivity index (χ2n) is 4.81. The van der Waals surface area contributed by atoms with Crippen LogP contribution in [-0.4, -0.2) is 16.4 Å². The molecule has 0 unspecified atom stereocenters. The number of hydrogen-bond donors (Lipinski definition) is 0. The van der Waals surface area contributed by atoms with Crippen LogP contribution in [0.4, 0.5) is 0 Å². The third-order valence-electron chi connectivity index (χ3n) is 3.03. The Morgan fingerprint density at radius 3 is 2.68 bits per heavy atom. The predicted octanol–water partition coefficient (Wildman–Crippen LogP) is 4.00. The summed E-state index contributed by atoms with van der Waals surface area (Å²) in [7, 11) is 0. The van der Waals surface area contributed by atoms with E-state index in [0.29, 0.717) is 5.76 Å². The average molecular weight is 289 g/mol. The summed E-state index contributed by atoms with van der Waals surface area (Å²) in [5.74, 6) is 0.680. The lowest BCUT2D eigenvalue weighted by atomic mass is 10.1. The molecule has 108 valence electrons. The number of hydrogen-bond acceptors (Lipinski definition) is 4. The Labute approximate surface area is 128 Å². The van der Waals surface area contributed by atoms with Crippen LogP contribution in [0.5, 0.6) is 0 Å². The Hall–Kier alpha value is -3.01. The highest BCUT2D eigenvalue weighted by Crippen LogP contribution is 2.20. The summed E-state index contributed by atoms with van der Waals surface area (Å²) in [5.41, 5.74) is 3.60. The van der Waals surface area contributed by atoms with Gasteiger partial charge in [-0.2, -0.15) is 0 Å². The van der Waals surface area contributed by atoms with Crippen molar-refractivity contribution in [3.8, 4) is 0 Å². The van der Waals surface area contributed by atoms with Crippen LogP contribution in [0, 0.1) is 6.92 Å². The van der Waals surface area contributed by atoms with Crippen LogP contribution in [0.3, 0.4) is 0 Å². The molecule has 0 fully saturated rings. The zero-order chi connectivity index (χ0) is 15.2. The summed E-state index contributed by atoms with van der Waals surface area (Å²) in [6.45, 7) is 1.89. The molecule has 0 N–H and O–H groups in total. The minimum Gasteiger partial charge on any atom is -0.357 e. The molecule has 0 aliphatic rings. The number of rotatable bonds is 4. The van der Waals surface area contributed by atoms with Crippen LogP contribution in [0.15, 0.2) is 70.4 Å². The highest BCUT2D eigenvalue weighted by molar-refractivity contribution is 5.89. The molecule has 1 aromatic carbocycles. The van der Waals surface area contributed by atoms with Crippen molar-refractivity contribution in [2.75, 3.05) is 0 Å². The fourth-order valence-electron chi connectivity index (χ4n) is 1.99. The topological polar surface area (TPSA) is 51.3 Å². The third kappa shape index (κ3) is 3.55. The van der Waals surface area contributed by atoms with E-state index in [9.17, 15) is 0 Å². The Kier molecular flexibility index (Phi) is 4.20. The predicted molar refractivity (Wildman–Crippen MR) is 87.4 cm³/mol. The van der Waals surface area contributed by atoms with Crippen LogP contribution in [-0.2, 0) is 0 Å². The van der Waals surface area contributed by atoms with Crippen LogP contribution >= 0.6 is 0 Å². The van der Waals surface area contributed by atoms with Crippen LogP contribution in [0.25, 0.3) is 11.8 Å². The van der Waals surface area contributed by atoms with Crippen molar-refractivity contribution in [1.29, 1.82) is 0 Å². The quantitative estimate of drug-likeness (QED) is 0.682. The molecular formula is C18H15N3O. The Morgan fingerprint density at radius 1 is 1.14 bits per heavy atom. The lowest BCUT2D eigenvalue weighted by Gasteiger charge is -2.01. The second-order valence-corrected chi connectivity index (χ2v) is 4.81. The van der Waals surface area contributed by atoms with Crippen LogP contribution in [0.1, 0.15) is 22.6 Å². The van der Waals surface area contributed by atoms with E-state index in [1.165, 1.54) is 0 Å². The maximum Gasteiger partial charge on any atom is 0.162 e. The zero-order valence-electron chi connectivity index (χ0n) is 12.2. The maximum absolute atomic E-state index is 5.26. The fraction of sp³-hybridized carbons (Fsp3) is 0.0556. The Morgan fingerprint density at radius 2 is 2.00 bits per heavy atom. The number of nitrogens with zero attached hydrogens (tertiary/aromatic N) is 3. The van der Waals surface area contributed by atoms with Gasteiger partial charge in [-0.05, 0) is 13.0 Å². The summed E-state index contributed by atoms with van der Waals surface area (Å²) >= 11 is 0. The SMILES string of the molecule is Cc1cc(/C=C(\N=Cc2cccnc2)c2ccccc2)on1. The summed E-state index contributed by atoms with van der Waals surface area (Å²) in [4.78, 5) is 8.66. The molecular weight excluding hydrogens is 274 g/mol. The van der Waals surface area contributed by atoms with E-state index in [2.05, 4.69) is 15.1 Å². The molecule has 22 heavy (non-hydrogen) atoms. The average Bonchev–Trinajstić information content (AvgIpc) is 2.98. The van der Waals surface area contributed by atoms with Gasteiger partial charge in [-0.25, -0.2) is 0 Å². The van der Waals surface area contributed by atoms with Crippen molar-refractivity contribution in [2.24, 2.45) is 4.99 Å². The molecule has 0 saturated heterocycles. The van der Waals surface area contributed by atoms with Crippen molar-refractivity contribution in [2.45, 2.75) is 6.92 Å². The standard InChI is InChI=1S/C18H15N3O/c1-14-10-17(22-21-14)11-18(16-7-3-2-4-8-16)20-13-15-6-5-9-19-12-15/h2-13H,1H3/b18-11-,20-13?.